The van der Waals surface area contributed by atoms with Crippen molar-refractivity contribution in [1.82, 2.24) is 15.1 Å². The van der Waals surface area contributed by atoms with Crippen LogP contribution >= 0.6 is 0 Å². The average Bonchev–Trinajstić information content (AvgIpc) is 2.93. The maximum atomic E-state index is 11.7. The van der Waals surface area contributed by atoms with Gasteiger partial charge in [0.15, 0.2) is 0 Å². The van der Waals surface area contributed by atoms with Crippen LogP contribution in [0.4, 0.5) is 0 Å². The third-order valence-corrected chi connectivity index (χ3v) is 5.80. The molecule has 3 rings (SSSR count). The zero-order valence-electron chi connectivity index (χ0n) is 13.2. The summed E-state index contributed by atoms with van der Waals surface area (Å²) in [6, 6.07) is 1.16. The molecule has 3 fully saturated rings. The van der Waals surface area contributed by atoms with E-state index in [2.05, 4.69) is 15.1 Å². The summed E-state index contributed by atoms with van der Waals surface area (Å²) >= 11 is 0. The largest absolute Gasteiger partial charge is 0.480 e. The second-order valence-electron chi connectivity index (χ2n) is 6.99. The van der Waals surface area contributed by atoms with Crippen LogP contribution in [0.2, 0.25) is 0 Å². The van der Waals surface area contributed by atoms with Crippen molar-refractivity contribution in [3.8, 4) is 0 Å². The van der Waals surface area contributed by atoms with E-state index in [1.807, 2.05) is 6.92 Å². The highest BCUT2D eigenvalue weighted by atomic mass is 16.4. The molecule has 2 saturated heterocycles. The number of carbonyl (C=O) groups is 1. The van der Waals surface area contributed by atoms with E-state index >= 15 is 0 Å². The number of likely N-dealkylation sites (N-methyl/N-ethyl adjacent to an activating group) is 1. The predicted molar refractivity (Wildman–Crippen MR) is 82.5 cm³/mol. The molecule has 0 amide bonds. The summed E-state index contributed by atoms with van der Waals surface area (Å²) in [5, 5.41) is 12.9. The molecule has 21 heavy (non-hydrogen) atoms. The van der Waals surface area contributed by atoms with Gasteiger partial charge in [0.2, 0.25) is 0 Å². The summed E-state index contributed by atoms with van der Waals surface area (Å²) in [5.74, 6) is -0.664. The highest BCUT2D eigenvalue weighted by Gasteiger charge is 2.47. The van der Waals surface area contributed by atoms with Gasteiger partial charge in [0.25, 0.3) is 0 Å². The van der Waals surface area contributed by atoms with Crippen LogP contribution in [0.1, 0.15) is 45.4 Å². The summed E-state index contributed by atoms with van der Waals surface area (Å²) in [7, 11) is 0. The number of nitrogens with zero attached hydrogens (tertiary/aromatic N) is 2. The lowest BCUT2D eigenvalue weighted by Gasteiger charge is -2.46. The maximum absolute atomic E-state index is 11.7. The topological polar surface area (TPSA) is 55.8 Å². The number of piperidine rings is 1. The Morgan fingerprint density at radius 2 is 2.00 bits per heavy atom. The van der Waals surface area contributed by atoms with E-state index < -0.39 is 11.5 Å². The highest BCUT2D eigenvalue weighted by Crippen LogP contribution is 2.35. The number of fused-ring (bicyclic) bond motifs is 1. The summed E-state index contributed by atoms with van der Waals surface area (Å²) in [6.07, 6.45) is 6.58. The minimum atomic E-state index is -0.677. The molecular formula is C16H29N3O2. The number of hydrogen-bond acceptors (Lipinski definition) is 4. The molecule has 0 aromatic heterocycles. The Bertz CT molecular complexity index is 390. The Labute approximate surface area is 127 Å². The third-order valence-electron chi connectivity index (χ3n) is 5.80. The predicted octanol–water partition coefficient (Wildman–Crippen LogP) is 1.14. The van der Waals surface area contributed by atoms with Crippen LogP contribution in [0.3, 0.4) is 0 Å². The van der Waals surface area contributed by atoms with E-state index in [0.717, 1.165) is 38.9 Å². The van der Waals surface area contributed by atoms with Crippen LogP contribution in [0.15, 0.2) is 0 Å². The molecule has 0 bridgehead atoms. The van der Waals surface area contributed by atoms with E-state index in [9.17, 15) is 9.90 Å². The van der Waals surface area contributed by atoms with E-state index in [-0.39, 0.29) is 0 Å². The van der Waals surface area contributed by atoms with E-state index in [1.165, 1.54) is 32.4 Å². The molecule has 2 N–H and O–H groups in total. The molecule has 2 aliphatic heterocycles. The molecule has 5 heteroatoms. The van der Waals surface area contributed by atoms with Gasteiger partial charge in [0, 0.05) is 31.7 Å². The SMILES string of the molecule is CCNC1(C(=O)O)CCC(N2CCN3CCCCC3C2)C1. The van der Waals surface area contributed by atoms with Crippen molar-refractivity contribution in [2.24, 2.45) is 0 Å². The van der Waals surface area contributed by atoms with Gasteiger partial charge in [-0.15, -0.1) is 0 Å². The molecular weight excluding hydrogens is 266 g/mol. The molecule has 3 aliphatic rings. The summed E-state index contributed by atoms with van der Waals surface area (Å²) < 4.78 is 0. The van der Waals surface area contributed by atoms with Gasteiger partial charge in [0.1, 0.15) is 5.54 Å². The smallest absolute Gasteiger partial charge is 0.323 e. The highest BCUT2D eigenvalue weighted by molar-refractivity contribution is 5.79. The monoisotopic (exact) mass is 295 g/mol. The molecule has 0 radical (unpaired) electrons. The molecule has 120 valence electrons. The van der Waals surface area contributed by atoms with Crippen LogP contribution in [0, 0.1) is 0 Å². The van der Waals surface area contributed by atoms with E-state index in [4.69, 9.17) is 0 Å². The van der Waals surface area contributed by atoms with Crippen molar-refractivity contribution in [3.63, 3.8) is 0 Å². The van der Waals surface area contributed by atoms with Crippen LogP contribution in [-0.2, 0) is 4.79 Å². The summed E-state index contributed by atoms with van der Waals surface area (Å²) in [4.78, 5) is 16.9. The fraction of sp³-hybridized carbons (Fsp3) is 0.938. The number of aliphatic carboxylic acids is 1. The fourth-order valence-corrected chi connectivity index (χ4v) is 4.61. The number of carboxylic acid groups (broad SMARTS) is 1. The van der Waals surface area contributed by atoms with Crippen LogP contribution in [0.25, 0.3) is 0 Å². The first-order valence-corrected chi connectivity index (χ1v) is 8.61. The zero-order chi connectivity index (χ0) is 14.9. The van der Waals surface area contributed by atoms with Crippen molar-refractivity contribution in [3.05, 3.63) is 0 Å². The van der Waals surface area contributed by atoms with Gasteiger partial charge in [-0.25, -0.2) is 0 Å². The molecule has 0 aromatic carbocycles. The number of nitrogens with one attached hydrogen (secondary N) is 1. The molecule has 0 aromatic rings. The van der Waals surface area contributed by atoms with Gasteiger partial charge in [-0.1, -0.05) is 13.3 Å². The zero-order valence-corrected chi connectivity index (χ0v) is 13.2. The van der Waals surface area contributed by atoms with E-state index in [1.54, 1.807) is 0 Å². The van der Waals surface area contributed by atoms with Gasteiger partial charge in [-0.05, 0) is 45.2 Å². The van der Waals surface area contributed by atoms with Crippen LogP contribution in [-0.4, -0.2) is 71.2 Å². The molecule has 1 aliphatic carbocycles. The Morgan fingerprint density at radius 1 is 1.19 bits per heavy atom. The van der Waals surface area contributed by atoms with Crippen molar-refractivity contribution in [2.45, 2.75) is 63.1 Å². The average molecular weight is 295 g/mol. The number of hydrogen-bond donors (Lipinski definition) is 2. The normalized spacial score (nSPS) is 38.3. The summed E-state index contributed by atoms with van der Waals surface area (Å²) in [5.41, 5.74) is -0.677. The second kappa shape index (κ2) is 6.23. The minimum Gasteiger partial charge on any atom is -0.480 e. The lowest BCUT2D eigenvalue weighted by molar-refractivity contribution is -0.144. The van der Waals surface area contributed by atoms with Crippen LogP contribution in [0.5, 0.6) is 0 Å². The van der Waals surface area contributed by atoms with Gasteiger partial charge >= 0.3 is 5.97 Å². The first-order valence-electron chi connectivity index (χ1n) is 8.61. The number of carboxylic acids is 1. The maximum Gasteiger partial charge on any atom is 0.323 e. The van der Waals surface area contributed by atoms with Gasteiger partial charge < -0.3 is 10.4 Å². The lowest BCUT2D eigenvalue weighted by atomic mass is 9.96. The minimum absolute atomic E-state index is 0.448. The lowest BCUT2D eigenvalue weighted by Crippen LogP contribution is -2.57. The molecule has 0 spiro atoms. The van der Waals surface area contributed by atoms with Crippen molar-refractivity contribution in [1.29, 1.82) is 0 Å². The molecule has 5 nitrogen and oxygen atoms in total. The van der Waals surface area contributed by atoms with Gasteiger partial charge in [0.05, 0.1) is 0 Å². The second-order valence-corrected chi connectivity index (χ2v) is 6.99. The Morgan fingerprint density at radius 3 is 2.76 bits per heavy atom. The molecule has 3 unspecified atom stereocenters. The van der Waals surface area contributed by atoms with E-state index in [0.29, 0.717) is 12.1 Å². The quantitative estimate of drug-likeness (QED) is 0.814. The molecule has 2 heterocycles. The van der Waals surface area contributed by atoms with Crippen molar-refractivity contribution < 1.29 is 9.90 Å². The third kappa shape index (κ3) is 2.96. The van der Waals surface area contributed by atoms with Crippen molar-refractivity contribution >= 4 is 5.97 Å². The molecule has 3 atom stereocenters. The number of rotatable bonds is 4. The first kappa shape index (κ1) is 15.3. The van der Waals surface area contributed by atoms with Gasteiger partial charge in [-0.2, -0.15) is 0 Å². The standard InChI is InChI=1S/C16H29N3O2/c1-2-17-16(15(20)21)7-6-13(11-16)19-10-9-18-8-4-3-5-14(18)12-19/h13-14,17H,2-12H2,1H3,(H,20,21). The first-order chi connectivity index (χ1) is 10.1. The molecule has 1 saturated carbocycles. The van der Waals surface area contributed by atoms with Gasteiger partial charge in [-0.3, -0.25) is 14.6 Å². The fourth-order valence-electron chi connectivity index (χ4n) is 4.61. The Hall–Kier alpha value is -0.650. The summed E-state index contributed by atoms with van der Waals surface area (Å²) in [6.45, 7) is 7.42. The van der Waals surface area contributed by atoms with Crippen molar-refractivity contribution in [2.75, 3.05) is 32.7 Å². The number of piperazine rings is 1. The Balaban J connectivity index is 1.62. The van der Waals surface area contributed by atoms with Crippen LogP contribution < -0.4 is 5.32 Å². The Kier molecular flexibility index (Phi) is 4.52.